The van der Waals surface area contributed by atoms with Gasteiger partial charge in [-0.3, -0.25) is 9.59 Å². The van der Waals surface area contributed by atoms with Gasteiger partial charge in [-0.05, 0) is 43.6 Å². The number of pyridine rings is 1. The van der Waals surface area contributed by atoms with Crippen LogP contribution >= 0.6 is 0 Å². The molecule has 0 unspecified atom stereocenters. The Morgan fingerprint density at radius 3 is 2.70 bits per heavy atom. The predicted molar refractivity (Wildman–Crippen MR) is 114 cm³/mol. The average Bonchev–Trinajstić information content (AvgIpc) is 3.19. The fourth-order valence-corrected chi connectivity index (χ4v) is 5.41. The number of H-pyrrole nitrogens is 1. The molecule has 2 atom stereocenters. The maximum Gasteiger partial charge on any atom is 0.308 e. The van der Waals surface area contributed by atoms with Crippen LogP contribution < -0.4 is 10.9 Å². The fraction of sp³-hybridized carbons (Fsp3) is 0.455. The number of aliphatic carboxylic acids is 1. The summed E-state index contributed by atoms with van der Waals surface area (Å²) in [6.45, 7) is -0.850. The number of hydrogen-bond acceptors (Lipinski definition) is 5. The number of fused-ring (bicyclic) bond motifs is 4. The van der Waals surface area contributed by atoms with E-state index in [0.717, 1.165) is 36.4 Å². The molecule has 0 radical (unpaired) electrons. The van der Waals surface area contributed by atoms with Gasteiger partial charge in [0.2, 0.25) is 0 Å². The van der Waals surface area contributed by atoms with Gasteiger partial charge in [0.05, 0.1) is 24.4 Å². The number of carboxylic acids is 1. The zero-order chi connectivity index (χ0) is 23.3. The van der Waals surface area contributed by atoms with Gasteiger partial charge in [-0.15, -0.1) is 0 Å². The fourth-order valence-electron chi connectivity index (χ4n) is 5.41. The third-order valence-electron chi connectivity index (χ3n) is 6.89. The second-order valence-corrected chi connectivity index (χ2v) is 8.78. The van der Waals surface area contributed by atoms with Crippen LogP contribution in [0.1, 0.15) is 25.7 Å². The first-order chi connectivity index (χ1) is 15.8. The number of rotatable bonds is 6. The van der Waals surface area contributed by atoms with E-state index in [4.69, 9.17) is 0 Å². The summed E-state index contributed by atoms with van der Waals surface area (Å²) in [5.41, 5.74) is 0.186. The van der Waals surface area contributed by atoms with Crippen molar-refractivity contribution in [3.05, 3.63) is 40.8 Å². The Kier molecular flexibility index (Phi) is 5.34. The Labute approximate surface area is 185 Å². The lowest BCUT2D eigenvalue weighted by atomic mass is 9.61. The molecule has 3 aromatic rings. The van der Waals surface area contributed by atoms with E-state index >= 15 is 0 Å². The molecule has 3 heterocycles. The largest absolute Gasteiger partial charge is 0.481 e. The number of aromatic nitrogens is 4. The Morgan fingerprint density at radius 2 is 2.00 bits per heavy atom. The maximum absolute atomic E-state index is 13.8. The molecule has 3 N–H and O–H groups in total. The summed E-state index contributed by atoms with van der Waals surface area (Å²) < 4.78 is 41.1. The van der Waals surface area contributed by atoms with Crippen LogP contribution in [0, 0.1) is 23.6 Å². The normalized spacial score (nSPS) is 24.5. The topological polar surface area (TPSA) is 113 Å². The Morgan fingerprint density at radius 1 is 1.27 bits per heavy atom. The van der Waals surface area contributed by atoms with Crippen molar-refractivity contribution in [1.82, 2.24) is 19.5 Å². The van der Waals surface area contributed by atoms with E-state index < -0.39 is 42.3 Å². The van der Waals surface area contributed by atoms with E-state index in [2.05, 4.69) is 20.3 Å². The second kappa shape index (κ2) is 8.20. The molecule has 0 aromatic carbocycles. The highest BCUT2D eigenvalue weighted by atomic mass is 19.3. The van der Waals surface area contributed by atoms with Crippen molar-refractivity contribution >= 4 is 22.8 Å². The number of carboxylic acid groups (broad SMARTS) is 1. The summed E-state index contributed by atoms with van der Waals surface area (Å²) in [5, 5.41) is 13.2. The number of halogens is 3. The first kappa shape index (κ1) is 21.5. The van der Waals surface area contributed by atoms with Crippen LogP contribution in [-0.2, 0) is 11.3 Å². The number of nitrogens with zero attached hydrogens (tertiary/aromatic N) is 3. The molecular formula is C22H22F3N5O3. The highest BCUT2D eigenvalue weighted by molar-refractivity contribution is 5.92. The molecule has 0 saturated heterocycles. The van der Waals surface area contributed by atoms with Crippen molar-refractivity contribution in [2.75, 3.05) is 5.32 Å². The van der Waals surface area contributed by atoms with Gasteiger partial charge in [0.1, 0.15) is 11.5 Å². The quantitative estimate of drug-likeness (QED) is 0.518. The smallest absolute Gasteiger partial charge is 0.308 e. The van der Waals surface area contributed by atoms with Crippen molar-refractivity contribution < 1.29 is 23.1 Å². The van der Waals surface area contributed by atoms with E-state index in [9.17, 15) is 27.9 Å². The van der Waals surface area contributed by atoms with E-state index in [1.165, 1.54) is 18.5 Å². The lowest BCUT2D eigenvalue weighted by Gasteiger charge is -2.47. The molecule has 2 bridgehead atoms. The van der Waals surface area contributed by atoms with Gasteiger partial charge < -0.3 is 20.0 Å². The summed E-state index contributed by atoms with van der Waals surface area (Å²) in [7, 11) is 0. The van der Waals surface area contributed by atoms with Crippen LogP contribution in [0.5, 0.6) is 0 Å². The van der Waals surface area contributed by atoms with Crippen LogP contribution in [0.4, 0.5) is 19.0 Å². The van der Waals surface area contributed by atoms with Crippen LogP contribution in [-0.4, -0.2) is 43.1 Å². The molecule has 33 heavy (non-hydrogen) atoms. The van der Waals surface area contributed by atoms with Gasteiger partial charge in [-0.1, -0.05) is 0 Å². The molecule has 3 saturated carbocycles. The molecule has 0 amide bonds. The molecule has 3 aliphatic carbocycles. The number of hydrogen-bond donors (Lipinski definition) is 3. The van der Waals surface area contributed by atoms with Crippen LogP contribution in [0.15, 0.2) is 29.5 Å². The molecule has 174 valence electrons. The third kappa shape index (κ3) is 3.85. The van der Waals surface area contributed by atoms with Crippen LogP contribution in [0.2, 0.25) is 0 Å². The molecule has 11 heteroatoms. The summed E-state index contributed by atoms with van der Waals surface area (Å²) in [4.78, 5) is 36.2. The van der Waals surface area contributed by atoms with Gasteiger partial charge in [0.15, 0.2) is 5.82 Å². The minimum atomic E-state index is -2.79. The van der Waals surface area contributed by atoms with E-state index in [-0.39, 0.29) is 23.3 Å². The lowest BCUT2D eigenvalue weighted by molar-refractivity contribution is -0.148. The third-order valence-corrected chi connectivity index (χ3v) is 6.89. The van der Waals surface area contributed by atoms with E-state index in [1.807, 2.05) is 0 Å². The predicted octanol–water partition coefficient (Wildman–Crippen LogP) is 3.49. The van der Waals surface area contributed by atoms with Crippen molar-refractivity contribution in [3.63, 3.8) is 0 Å². The minimum absolute atomic E-state index is 0.000797. The zero-order valence-electron chi connectivity index (χ0n) is 17.5. The van der Waals surface area contributed by atoms with Crippen LogP contribution in [0.25, 0.3) is 22.3 Å². The van der Waals surface area contributed by atoms with Gasteiger partial charge >= 0.3 is 5.97 Å². The molecule has 3 aliphatic rings. The number of carbonyl (C=O) groups is 1. The Bertz CT molecular complexity index is 1270. The molecule has 3 aromatic heterocycles. The van der Waals surface area contributed by atoms with Crippen molar-refractivity contribution in [3.8, 4) is 11.3 Å². The standard InChI is InChI=1S/C22H22F3N5O3/c23-12-5-13-14(7-27-19(13)26-6-12)15-8-30(9-16(24)25)21(31)20(28-15)29-18-11-3-1-10(2-4-11)17(18)22(32)33/h5-8,10-11,16-18H,1-4,9H2,(H,26,27)(H,28,29)(H,32,33)/t10?,11?,17-,18-/m0/s1. The summed E-state index contributed by atoms with van der Waals surface area (Å²) in [6.07, 6.45) is 4.29. The molecular weight excluding hydrogens is 439 g/mol. The SMILES string of the molecule is O=C(O)[C@H]1C2CCC(CC2)[C@@H]1Nc1nc(-c2c[nH]c3ncc(F)cc23)cn(CC(F)F)c1=O. The highest BCUT2D eigenvalue weighted by Gasteiger charge is 2.47. The Hall–Kier alpha value is -3.37. The average molecular weight is 461 g/mol. The Balaban J connectivity index is 1.60. The van der Waals surface area contributed by atoms with Gasteiger partial charge in [0, 0.05) is 29.4 Å². The summed E-state index contributed by atoms with van der Waals surface area (Å²) in [5.74, 6) is -2.34. The zero-order valence-corrected chi connectivity index (χ0v) is 17.5. The highest BCUT2D eigenvalue weighted by Crippen LogP contribution is 2.46. The monoisotopic (exact) mass is 461 g/mol. The van der Waals surface area contributed by atoms with Gasteiger partial charge in [-0.2, -0.15) is 0 Å². The van der Waals surface area contributed by atoms with Crippen molar-refractivity contribution in [1.29, 1.82) is 0 Å². The summed E-state index contributed by atoms with van der Waals surface area (Å²) >= 11 is 0. The first-order valence-corrected chi connectivity index (χ1v) is 10.8. The van der Waals surface area contributed by atoms with Crippen LogP contribution in [0.3, 0.4) is 0 Å². The maximum atomic E-state index is 13.8. The van der Waals surface area contributed by atoms with E-state index in [0.29, 0.717) is 16.6 Å². The minimum Gasteiger partial charge on any atom is -0.481 e. The number of alkyl halides is 2. The first-order valence-electron chi connectivity index (χ1n) is 10.8. The molecule has 8 nitrogen and oxygen atoms in total. The van der Waals surface area contributed by atoms with E-state index in [1.54, 1.807) is 0 Å². The molecule has 0 aliphatic heterocycles. The second-order valence-electron chi connectivity index (χ2n) is 8.78. The number of aromatic amines is 1. The summed E-state index contributed by atoms with van der Waals surface area (Å²) in [6, 6.07) is 0.721. The molecule has 0 spiro atoms. The molecule has 3 fully saturated rings. The number of anilines is 1. The van der Waals surface area contributed by atoms with Gasteiger partial charge in [0.25, 0.3) is 12.0 Å². The number of nitrogens with one attached hydrogen (secondary N) is 2. The van der Waals surface area contributed by atoms with Crippen molar-refractivity contribution in [2.45, 2.75) is 44.7 Å². The van der Waals surface area contributed by atoms with Crippen molar-refractivity contribution in [2.24, 2.45) is 17.8 Å². The lowest BCUT2D eigenvalue weighted by Crippen LogP contribution is -2.52. The molecule has 6 rings (SSSR count). The van der Waals surface area contributed by atoms with Gasteiger partial charge in [-0.25, -0.2) is 23.1 Å².